The second-order valence-corrected chi connectivity index (χ2v) is 25.6. The number of aliphatic hydroxyl groups is 2. The molecular formula is C75H145NO5. The van der Waals surface area contributed by atoms with Crippen molar-refractivity contribution in [2.75, 3.05) is 13.2 Å². The fourth-order valence-corrected chi connectivity index (χ4v) is 11.8. The van der Waals surface area contributed by atoms with Crippen LogP contribution >= 0.6 is 0 Å². The van der Waals surface area contributed by atoms with Crippen molar-refractivity contribution in [2.45, 2.75) is 431 Å². The minimum atomic E-state index is -0.847. The number of hydrogen-bond acceptors (Lipinski definition) is 5. The summed E-state index contributed by atoms with van der Waals surface area (Å²) in [6.45, 7) is 4.95. The molecule has 81 heavy (non-hydrogen) atoms. The first-order valence-corrected chi connectivity index (χ1v) is 37.1. The molecule has 0 spiro atoms. The van der Waals surface area contributed by atoms with Gasteiger partial charge in [-0.1, -0.05) is 372 Å². The molecule has 0 saturated heterocycles. The molecule has 2 unspecified atom stereocenters. The van der Waals surface area contributed by atoms with Gasteiger partial charge < -0.3 is 20.3 Å². The van der Waals surface area contributed by atoms with Gasteiger partial charge in [0.15, 0.2) is 0 Å². The third-order valence-corrected chi connectivity index (χ3v) is 17.5. The number of aliphatic hydroxyl groups excluding tert-OH is 2. The standard InChI is InChI=1S/C75H145NO5/c1-3-5-7-9-11-13-15-17-19-21-22-23-30-33-36-39-43-47-51-55-59-63-67-73(78)72(71-77)76-74(79)68-64-60-56-52-48-44-40-37-34-31-28-26-24-25-27-29-32-35-38-42-46-50-54-58-62-66-70-81-75(80)69-65-61-57-53-49-45-41-20-18-16-14-12-10-8-6-4-2/h24,26,63,67,72-73,77-78H,3-23,25,27-62,64-66,68-71H2,1-2H3,(H,76,79)/b26-24-,67-63+. The van der Waals surface area contributed by atoms with Crippen molar-refractivity contribution in [1.82, 2.24) is 5.32 Å². The van der Waals surface area contributed by atoms with Crippen LogP contribution in [0, 0.1) is 0 Å². The average molecular weight is 1140 g/mol. The summed E-state index contributed by atoms with van der Waals surface area (Å²) in [6.07, 6.45) is 89.8. The Labute approximate surface area is 507 Å². The van der Waals surface area contributed by atoms with E-state index in [9.17, 15) is 19.8 Å². The molecule has 0 aliphatic carbocycles. The molecule has 0 radical (unpaired) electrons. The Bertz CT molecular complexity index is 1270. The first-order valence-electron chi connectivity index (χ1n) is 37.1. The van der Waals surface area contributed by atoms with Crippen LogP contribution in [-0.2, 0) is 14.3 Å². The number of esters is 1. The van der Waals surface area contributed by atoms with Gasteiger partial charge in [0.05, 0.1) is 25.4 Å². The fourth-order valence-electron chi connectivity index (χ4n) is 11.8. The highest BCUT2D eigenvalue weighted by Crippen LogP contribution is 2.19. The monoisotopic (exact) mass is 1140 g/mol. The lowest BCUT2D eigenvalue weighted by atomic mass is 10.0. The van der Waals surface area contributed by atoms with E-state index in [1.54, 1.807) is 6.08 Å². The predicted octanol–water partition coefficient (Wildman–Crippen LogP) is 24.1. The fraction of sp³-hybridized carbons (Fsp3) is 0.920. The summed E-state index contributed by atoms with van der Waals surface area (Å²) in [5, 5.41) is 23.3. The van der Waals surface area contributed by atoms with Crippen molar-refractivity contribution in [1.29, 1.82) is 0 Å². The van der Waals surface area contributed by atoms with E-state index < -0.39 is 12.1 Å². The lowest BCUT2D eigenvalue weighted by Crippen LogP contribution is -2.45. The maximum Gasteiger partial charge on any atom is 0.305 e. The molecule has 0 aromatic heterocycles. The van der Waals surface area contributed by atoms with Crippen LogP contribution in [0.3, 0.4) is 0 Å². The molecule has 0 aliphatic heterocycles. The summed E-state index contributed by atoms with van der Waals surface area (Å²) >= 11 is 0. The van der Waals surface area contributed by atoms with Crippen LogP contribution in [0.2, 0.25) is 0 Å². The first kappa shape index (κ1) is 79.3. The van der Waals surface area contributed by atoms with Crippen molar-refractivity contribution in [2.24, 2.45) is 0 Å². The highest BCUT2D eigenvalue weighted by Gasteiger charge is 2.18. The van der Waals surface area contributed by atoms with Crippen molar-refractivity contribution in [3.63, 3.8) is 0 Å². The molecule has 480 valence electrons. The van der Waals surface area contributed by atoms with Crippen LogP contribution in [0.5, 0.6) is 0 Å². The van der Waals surface area contributed by atoms with Crippen molar-refractivity contribution >= 4 is 11.9 Å². The summed E-state index contributed by atoms with van der Waals surface area (Å²) in [7, 11) is 0. The quantitative estimate of drug-likeness (QED) is 0.0320. The highest BCUT2D eigenvalue weighted by atomic mass is 16.5. The Morgan fingerprint density at radius 3 is 0.877 bits per heavy atom. The van der Waals surface area contributed by atoms with Gasteiger partial charge >= 0.3 is 5.97 Å². The van der Waals surface area contributed by atoms with E-state index in [-0.39, 0.29) is 18.5 Å². The zero-order chi connectivity index (χ0) is 58.5. The molecule has 0 aliphatic rings. The summed E-state index contributed by atoms with van der Waals surface area (Å²) in [6, 6.07) is -0.630. The van der Waals surface area contributed by atoms with Gasteiger partial charge in [0.2, 0.25) is 5.91 Å². The Hall–Kier alpha value is -1.66. The number of nitrogens with one attached hydrogen (secondary N) is 1. The molecule has 0 aromatic rings. The molecule has 3 N–H and O–H groups in total. The SMILES string of the molecule is CCCCCCCCCCCCCCCCCCCCCC/C=C/C(O)C(CO)NC(=O)CCCCCCCCCCCC/C=C\CCCCCCCCCCCCCCOC(=O)CCCCCCCCCCCCCCCCCC. The topological polar surface area (TPSA) is 95.9 Å². The maximum absolute atomic E-state index is 12.5. The van der Waals surface area contributed by atoms with Gasteiger partial charge in [-0.15, -0.1) is 0 Å². The minimum absolute atomic E-state index is 0.0183. The lowest BCUT2D eigenvalue weighted by molar-refractivity contribution is -0.143. The van der Waals surface area contributed by atoms with Crippen LogP contribution < -0.4 is 5.32 Å². The van der Waals surface area contributed by atoms with E-state index in [1.165, 1.54) is 353 Å². The third-order valence-electron chi connectivity index (χ3n) is 17.5. The number of hydrogen-bond donors (Lipinski definition) is 3. The van der Waals surface area contributed by atoms with Gasteiger partial charge in [-0.25, -0.2) is 0 Å². The van der Waals surface area contributed by atoms with Gasteiger partial charge in [-0.05, 0) is 57.8 Å². The Kier molecular flexibility index (Phi) is 69.4. The second kappa shape index (κ2) is 70.8. The molecule has 0 fully saturated rings. The van der Waals surface area contributed by atoms with Crippen LogP contribution in [0.25, 0.3) is 0 Å². The largest absolute Gasteiger partial charge is 0.466 e. The zero-order valence-corrected chi connectivity index (χ0v) is 55.0. The molecule has 6 nitrogen and oxygen atoms in total. The molecular weight excluding hydrogens is 995 g/mol. The van der Waals surface area contributed by atoms with Crippen molar-refractivity contribution in [3.05, 3.63) is 24.3 Å². The molecule has 0 heterocycles. The summed E-state index contributed by atoms with van der Waals surface area (Å²) in [5.74, 6) is -0.0470. The van der Waals surface area contributed by atoms with Crippen LogP contribution in [0.1, 0.15) is 418 Å². The molecule has 0 saturated carbocycles. The van der Waals surface area contributed by atoms with Gasteiger partial charge in [0, 0.05) is 12.8 Å². The molecule has 0 bridgehead atoms. The Balaban J connectivity index is 3.40. The highest BCUT2D eigenvalue weighted by molar-refractivity contribution is 5.76. The summed E-state index contributed by atoms with van der Waals surface area (Å²) < 4.78 is 5.50. The number of amides is 1. The summed E-state index contributed by atoms with van der Waals surface area (Å²) in [4.78, 5) is 24.6. The number of unbranched alkanes of at least 4 members (excludes halogenated alkanes) is 57. The molecule has 6 heteroatoms. The summed E-state index contributed by atoms with van der Waals surface area (Å²) in [5.41, 5.74) is 0. The van der Waals surface area contributed by atoms with E-state index in [2.05, 4.69) is 31.3 Å². The van der Waals surface area contributed by atoms with E-state index in [0.29, 0.717) is 19.4 Å². The number of carbonyl (C=O) groups excluding carboxylic acids is 2. The van der Waals surface area contributed by atoms with E-state index >= 15 is 0 Å². The number of carbonyl (C=O) groups is 2. The second-order valence-electron chi connectivity index (χ2n) is 25.6. The smallest absolute Gasteiger partial charge is 0.305 e. The Morgan fingerprint density at radius 2 is 0.580 bits per heavy atom. The number of allylic oxidation sites excluding steroid dienone is 3. The molecule has 1 amide bonds. The van der Waals surface area contributed by atoms with Gasteiger partial charge in [-0.3, -0.25) is 9.59 Å². The Morgan fingerprint density at radius 1 is 0.333 bits per heavy atom. The van der Waals surface area contributed by atoms with Crippen molar-refractivity contribution < 1.29 is 24.5 Å². The normalized spacial score (nSPS) is 12.6. The first-order chi connectivity index (χ1) is 40.0. The van der Waals surface area contributed by atoms with Gasteiger partial charge in [-0.2, -0.15) is 0 Å². The molecule has 0 rings (SSSR count). The van der Waals surface area contributed by atoms with E-state index in [4.69, 9.17) is 4.74 Å². The zero-order valence-electron chi connectivity index (χ0n) is 55.0. The number of ether oxygens (including phenoxy) is 1. The van der Waals surface area contributed by atoms with E-state index in [0.717, 1.165) is 38.5 Å². The average Bonchev–Trinajstić information content (AvgIpc) is 3.47. The number of rotatable bonds is 70. The van der Waals surface area contributed by atoms with Crippen LogP contribution in [-0.4, -0.2) is 47.4 Å². The minimum Gasteiger partial charge on any atom is -0.466 e. The van der Waals surface area contributed by atoms with Crippen molar-refractivity contribution in [3.8, 4) is 0 Å². The third kappa shape index (κ3) is 67.3. The predicted molar refractivity (Wildman–Crippen MR) is 356 cm³/mol. The van der Waals surface area contributed by atoms with E-state index in [1.807, 2.05) is 6.08 Å². The maximum atomic E-state index is 12.5. The molecule has 2 atom stereocenters. The van der Waals surface area contributed by atoms with Gasteiger partial charge in [0.1, 0.15) is 0 Å². The van der Waals surface area contributed by atoms with Crippen LogP contribution in [0.15, 0.2) is 24.3 Å². The van der Waals surface area contributed by atoms with Crippen LogP contribution in [0.4, 0.5) is 0 Å². The molecule has 0 aromatic carbocycles. The lowest BCUT2D eigenvalue weighted by Gasteiger charge is -2.20. The van der Waals surface area contributed by atoms with Gasteiger partial charge in [0.25, 0.3) is 0 Å².